The number of rotatable bonds is 9. The molecule has 8 nitrogen and oxygen atoms in total. The number of amides is 1. The molecule has 3 rings (SSSR count). The summed E-state index contributed by atoms with van der Waals surface area (Å²) in [5.41, 5.74) is 11.9. The number of methoxy groups -OCH3 is 1. The maximum absolute atomic E-state index is 13.5. The number of carbonyl (C=O) groups excluding carboxylic acids is 1. The molecule has 0 fully saturated rings. The highest BCUT2D eigenvalue weighted by atomic mass is 28.3. The second-order valence-electron chi connectivity index (χ2n) is 9.09. The maximum Gasteiger partial charge on any atom is 0.523 e. The molecule has 2 unspecified atom stereocenters. The highest BCUT2D eigenvalue weighted by molar-refractivity contribution is 6.76. The van der Waals surface area contributed by atoms with Crippen LogP contribution in [0.25, 0.3) is 10.4 Å². The van der Waals surface area contributed by atoms with E-state index in [2.05, 4.69) is 29.7 Å². The smallest absolute Gasteiger partial charge is 0.497 e. The van der Waals surface area contributed by atoms with Crippen LogP contribution in [0, 0.1) is 0 Å². The summed E-state index contributed by atoms with van der Waals surface area (Å²) in [5.74, 6) is 0.701. The zero-order chi connectivity index (χ0) is 23.2. The summed E-state index contributed by atoms with van der Waals surface area (Å²) in [6.07, 6.45) is -0.871. The zero-order valence-corrected chi connectivity index (χ0v) is 20.2. The standard InChI is InChI=1S/C23H31N4O4Si/c1-29-20-10-7-8-18(16-20)17-31-22(25-26-24)27(23(28)30-14-15-32(2,3)4)13-12-19-9-5-6-11-21(19)27/h5-11,16,22H,12-15,17H2,1-4H3/q+1. The van der Waals surface area contributed by atoms with Crippen molar-refractivity contribution in [2.75, 3.05) is 20.3 Å². The van der Waals surface area contributed by atoms with E-state index in [1.807, 2.05) is 48.5 Å². The lowest BCUT2D eigenvalue weighted by molar-refractivity contribution is -0.0498. The molecule has 1 aliphatic heterocycles. The summed E-state index contributed by atoms with van der Waals surface area (Å²) in [7, 11) is 0.218. The molecule has 1 aliphatic rings. The lowest BCUT2D eigenvalue weighted by Crippen LogP contribution is -2.60. The van der Waals surface area contributed by atoms with E-state index in [4.69, 9.17) is 14.2 Å². The Morgan fingerprint density at radius 2 is 2.00 bits per heavy atom. The van der Waals surface area contributed by atoms with Crippen molar-refractivity contribution >= 4 is 19.9 Å². The average Bonchev–Trinajstić information content (AvgIpc) is 3.16. The topological polar surface area (TPSA) is 93.5 Å². The highest BCUT2D eigenvalue weighted by Crippen LogP contribution is 2.39. The molecule has 9 heteroatoms. The van der Waals surface area contributed by atoms with Gasteiger partial charge in [-0.05, 0) is 34.4 Å². The van der Waals surface area contributed by atoms with Gasteiger partial charge in [0.25, 0.3) is 6.35 Å². The van der Waals surface area contributed by atoms with E-state index in [1.165, 1.54) is 0 Å². The summed E-state index contributed by atoms with van der Waals surface area (Å²) in [6, 6.07) is 16.0. The minimum absolute atomic E-state index is 0.158. The Balaban J connectivity index is 1.91. The predicted molar refractivity (Wildman–Crippen MR) is 127 cm³/mol. The van der Waals surface area contributed by atoms with Crippen LogP contribution in [0.2, 0.25) is 25.7 Å². The normalized spacial score (nSPS) is 18.4. The molecule has 32 heavy (non-hydrogen) atoms. The molecule has 0 spiro atoms. The Bertz CT molecular complexity index is 1000. The summed E-state index contributed by atoms with van der Waals surface area (Å²) in [5, 5.41) is 3.92. The molecule has 0 radical (unpaired) electrons. The summed E-state index contributed by atoms with van der Waals surface area (Å²) < 4.78 is 16.8. The molecule has 0 aromatic heterocycles. The quantitative estimate of drug-likeness (QED) is 0.156. The van der Waals surface area contributed by atoms with Gasteiger partial charge in [0.15, 0.2) is 0 Å². The van der Waals surface area contributed by atoms with E-state index in [0.29, 0.717) is 25.3 Å². The van der Waals surface area contributed by atoms with Crippen molar-refractivity contribution < 1.29 is 19.0 Å². The van der Waals surface area contributed by atoms with Crippen LogP contribution in [-0.2, 0) is 22.5 Å². The predicted octanol–water partition coefficient (Wildman–Crippen LogP) is 5.84. The second-order valence-corrected chi connectivity index (χ2v) is 14.7. The van der Waals surface area contributed by atoms with Gasteiger partial charge < -0.3 is 14.2 Å². The average molecular weight is 456 g/mol. The first-order valence-corrected chi connectivity index (χ1v) is 14.4. The number of hydrogen-bond acceptors (Lipinski definition) is 5. The van der Waals surface area contributed by atoms with Crippen LogP contribution in [-0.4, -0.2) is 40.8 Å². The number of benzene rings is 2. The number of quaternary nitrogens is 1. The summed E-state index contributed by atoms with van der Waals surface area (Å²) >= 11 is 0. The minimum atomic E-state index is -1.38. The van der Waals surface area contributed by atoms with Crippen molar-refractivity contribution in [2.24, 2.45) is 5.11 Å². The van der Waals surface area contributed by atoms with Gasteiger partial charge in [-0.25, -0.2) is 0 Å². The number of azide groups is 1. The third-order valence-electron chi connectivity index (χ3n) is 5.62. The fourth-order valence-corrected chi connectivity index (χ4v) is 4.54. The van der Waals surface area contributed by atoms with Crippen LogP contribution in [0.5, 0.6) is 5.75 Å². The molecule has 0 N–H and O–H groups in total. The lowest BCUT2D eigenvalue weighted by atomic mass is 10.2. The summed E-state index contributed by atoms with van der Waals surface area (Å²) in [4.78, 5) is 16.5. The first-order chi connectivity index (χ1) is 15.3. The number of fused-ring (bicyclic) bond motifs is 1. The largest absolute Gasteiger partial charge is 0.523 e. The molecule has 2 atom stereocenters. The van der Waals surface area contributed by atoms with Gasteiger partial charge in [-0.15, -0.1) is 0 Å². The monoisotopic (exact) mass is 455 g/mol. The van der Waals surface area contributed by atoms with E-state index < -0.39 is 20.5 Å². The van der Waals surface area contributed by atoms with E-state index in [0.717, 1.165) is 22.9 Å². The van der Waals surface area contributed by atoms with Gasteiger partial charge in [0.1, 0.15) is 18.0 Å². The van der Waals surface area contributed by atoms with Crippen molar-refractivity contribution in [1.29, 1.82) is 0 Å². The first-order valence-electron chi connectivity index (χ1n) is 10.7. The second kappa shape index (κ2) is 10.2. The van der Waals surface area contributed by atoms with Crippen LogP contribution in [0.1, 0.15) is 11.1 Å². The Hall–Kier alpha value is -2.84. The number of nitrogens with zero attached hydrogens (tertiary/aromatic N) is 4. The van der Waals surface area contributed by atoms with Crippen LogP contribution < -0.4 is 9.22 Å². The van der Waals surface area contributed by atoms with Gasteiger partial charge >= 0.3 is 6.09 Å². The van der Waals surface area contributed by atoms with Crippen molar-refractivity contribution in [3.05, 3.63) is 70.1 Å². The van der Waals surface area contributed by atoms with Crippen molar-refractivity contribution in [1.82, 2.24) is 4.48 Å². The third-order valence-corrected chi connectivity index (χ3v) is 7.32. The first kappa shape index (κ1) is 23.8. The molecule has 170 valence electrons. The fourth-order valence-electron chi connectivity index (χ4n) is 3.82. The van der Waals surface area contributed by atoms with Crippen LogP contribution >= 0.6 is 0 Å². The molecule has 2 aromatic carbocycles. The third kappa shape index (κ3) is 5.31. The maximum atomic E-state index is 13.5. The number of ether oxygens (including phenoxy) is 3. The Labute approximate surface area is 189 Å². The van der Waals surface area contributed by atoms with E-state index in [9.17, 15) is 10.3 Å². The molecule has 0 saturated carbocycles. The van der Waals surface area contributed by atoms with Crippen LogP contribution in [0.15, 0.2) is 53.6 Å². The van der Waals surface area contributed by atoms with E-state index in [1.54, 1.807) is 7.11 Å². The molecular formula is C23H31N4O4Si+. The van der Waals surface area contributed by atoms with Crippen LogP contribution in [0.4, 0.5) is 10.5 Å². The molecule has 0 bridgehead atoms. The summed E-state index contributed by atoms with van der Waals surface area (Å²) in [6.45, 7) is 7.61. The Morgan fingerprint density at radius 1 is 1.22 bits per heavy atom. The van der Waals surface area contributed by atoms with Gasteiger partial charge in [-0.2, -0.15) is 9.28 Å². The van der Waals surface area contributed by atoms with Gasteiger partial charge in [-0.3, -0.25) is 0 Å². The van der Waals surface area contributed by atoms with Gasteiger partial charge in [0, 0.05) is 31.0 Å². The Morgan fingerprint density at radius 3 is 2.72 bits per heavy atom. The van der Waals surface area contributed by atoms with Crippen LogP contribution in [0.3, 0.4) is 0 Å². The zero-order valence-electron chi connectivity index (χ0n) is 19.2. The number of carbonyl (C=O) groups is 1. The molecule has 2 aromatic rings. The lowest BCUT2D eigenvalue weighted by Gasteiger charge is -2.34. The fraction of sp³-hybridized carbons (Fsp3) is 0.435. The highest BCUT2D eigenvalue weighted by Gasteiger charge is 2.53. The van der Waals surface area contributed by atoms with Crippen molar-refractivity contribution in [3.63, 3.8) is 0 Å². The molecule has 1 heterocycles. The van der Waals surface area contributed by atoms with Gasteiger partial charge in [0.05, 0.1) is 20.3 Å². The molecule has 0 saturated heterocycles. The van der Waals surface area contributed by atoms with Gasteiger partial charge in [0.2, 0.25) is 0 Å². The molecule has 0 aliphatic carbocycles. The Kier molecular flexibility index (Phi) is 7.58. The van der Waals surface area contributed by atoms with E-state index in [-0.39, 0.29) is 11.1 Å². The number of para-hydroxylation sites is 1. The minimum Gasteiger partial charge on any atom is -0.497 e. The SMILES string of the molecule is COc1cccc(COC(N=[N+]=[N-])[N+]2(C(=O)OCC[Si](C)(C)C)CCc3ccccc32)c1. The van der Waals surface area contributed by atoms with Crippen molar-refractivity contribution in [2.45, 2.75) is 45.1 Å². The van der Waals surface area contributed by atoms with Gasteiger partial charge in [-0.1, -0.05) is 50.0 Å². The van der Waals surface area contributed by atoms with E-state index >= 15 is 0 Å². The van der Waals surface area contributed by atoms with Crippen molar-refractivity contribution in [3.8, 4) is 5.75 Å². The molecular weight excluding hydrogens is 424 g/mol. The molecule has 1 amide bonds. The number of hydrogen-bond donors (Lipinski definition) is 0.